The fraction of sp³-hybridized carbons (Fsp3) is 0.154. The Bertz CT molecular complexity index is 797. The summed E-state index contributed by atoms with van der Waals surface area (Å²) in [5.41, 5.74) is 0.368. The number of aliphatic hydroxyl groups is 1. The molecule has 2 heterocycles. The molecule has 0 spiro atoms. The number of nitrogens with zero attached hydrogens (tertiary/aromatic N) is 2. The van der Waals surface area contributed by atoms with Gasteiger partial charge in [0.1, 0.15) is 4.88 Å². The minimum absolute atomic E-state index is 0.0383. The molecule has 20 heavy (non-hydrogen) atoms. The van der Waals surface area contributed by atoms with Gasteiger partial charge in [0.25, 0.3) is 5.91 Å². The van der Waals surface area contributed by atoms with E-state index in [1.54, 1.807) is 18.2 Å². The van der Waals surface area contributed by atoms with Gasteiger partial charge in [0.2, 0.25) is 5.88 Å². The van der Waals surface area contributed by atoms with E-state index in [0.717, 1.165) is 11.3 Å². The summed E-state index contributed by atoms with van der Waals surface area (Å²) in [5, 5.41) is 23.3. The highest BCUT2D eigenvalue weighted by molar-refractivity contribution is 7.17. The van der Waals surface area contributed by atoms with Crippen LogP contribution in [0.1, 0.15) is 4.88 Å². The van der Waals surface area contributed by atoms with Crippen LogP contribution >= 0.6 is 11.3 Å². The van der Waals surface area contributed by atoms with Gasteiger partial charge >= 0.3 is 0 Å². The molecule has 1 aromatic carbocycles. The molecule has 0 bridgehead atoms. The van der Waals surface area contributed by atoms with Gasteiger partial charge in [-0.05, 0) is 6.07 Å². The van der Waals surface area contributed by atoms with Crippen molar-refractivity contribution in [1.82, 2.24) is 4.98 Å². The van der Waals surface area contributed by atoms with E-state index in [4.69, 9.17) is 5.11 Å². The number of thiazole rings is 1. The van der Waals surface area contributed by atoms with Crippen LogP contribution in [0, 0.1) is 0 Å². The Morgan fingerprint density at radius 2 is 2.10 bits per heavy atom. The third-order valence-corrected chi connectivity index (χ3v) is 3.85. The molecule has 0 atom stereocenters. The molecule has 2 aromatic rings. The Morgan fingerprint density at radius 1 is 1.30 bits per heavy atom. The summed E-state index contributed by atoms with van der Waals surface area (Å²) >= 11 is 1.16. The fourth-order valence-corrected chi connectivity index (χ4v) is 2.93. The monoisotopic (exact) mass is 289 g/mol. The molecular formula is C13H11N3O3S. The largest absolute Gasteiger partial charge is 0.492 e. The lowest BCUT2D eigenvalue weighted by Crippen LogP contribution is -2.22. The lowest BCUT2D eigenvalue weighted by molar-refractivity contribution is -0.112. The average molecular weight is 289 g/mol. The highest BCUT2D eigenvalue weighted by Gasteiger charge is 2.24. The van der Waals surface area contributed by atoms with Gasteiger partial charge in [-0.2, -0.15) is 4.98 Å². The summed E-state index contributed by atoms with van der Waals surface area (Å²) in [6, 6.07) is 7.16. The molecule has 0 saturated heterocycles. The van der Waals surface area contributed by atoms with E-state index in [-0.39, 0.29) is 18.4 Å². The molecule has 0 radical (unpaired) electrons. The van der Waals surface area contributed by atoms with E-state index in [9.17, 15) is 9.90 Å². The number of para-hydroxylation sites is 1. The van der Waals surface area contributed by atoms with Gasteiger partial charge < -0.3 is 15.5 Å². The summed E-state index contributed by atoms with van der Waals surface area (Å²) in [6.45, 7) is 0.292. The molecule has 0 aliphatic carbocycles. The van der Waals surface area contributed by atoms with Gasteiger partial charge in [-0.1, -0.05) is 29.5 Å². The molecule has 3 rings (SSSR count). The number of aliphatic hydroxyl groups excluding tert-OH is 1. The number of hydrogen-bond donors (Lipinski definition) is 3. The number of fused-ring (bicyclic) bond motifs is 1. The third kappa shape index (κ3) is 2.06. The predicted molar refractivity (Wildman–Crippen MR) is 74.1 cm³/mol. The quantitative estimate of drug-likeness (QED) is 0.712. The average Bonchev–Trinajstić information content (AvgIpc) is 2.95. The van der Waals surface area contributed by atoms with E-state index >= 15 is 0 Å². The van der Waals surface area contributed by atoms with Crippen molar-refractivity contribution in [3.8, 4) is 5.88 Å². The van der Waals surface area contributed by atoms with Crippen LogP contribution in [0.4, 0.5) is 5.13 Å². The number of anilines is 1. The van der Waals surface area contributed by atoms with Crippen molar-refractivity contribution in [2.75, 3.05) is 18.5 Å². The highest BCUT2D eigenvalue weighted by Crippen LogP contribution is 2.33. The van der Waals surface area contributed by atoms with Crippen molar-refractivity contribution < 1.29 is 15.0 Å². The molecule has 1 aliphatic rings. The van der Waals surface area contributed by atoms with E-state index in [0.29, 0.717) is 32.7 Å². The van der Waals surface area contributed by atoms with E-state index in [2.05, 4.69) is 15.3 Å². The zero-order chi connectivity index (χ0) is 14.1. The molecule has 6 nitrogen and oxygen atoms in total. The van der Waals surface area contributed by atoms with E-state index < -0.39 is 0 Å². The first kappa shape index (κ1) is 12.8. The zero-order valence-electron chi connectivity index (χ0n) is 10.3. The normalized spacial score (nSPS) is 13.2. The fourth-order valence-electron chi connectivity index (χ4n) is 2.00. The Labute approximate surface area is 117 Å². The summed E-state index contributed by atoms with van der Waals surface area (Å²) in [6.07, 6.45) is 0. The number of benzene rings is 1. The van der Waals surface area contributed by atoms with Crippen molar-refractivity contribution in [1.29, 1.82) is 0 Å². The van der Waals surface area contributed by atoms with Crippen molar-refractivity contribution in [3.05, 3.63) is 39.7 Å². The van der Waals surface area contributed by atoms with Gasteiger partial charge in [0, 0.05) is 11.8 Å². The Hall–Kier alpha value is -2.25. The first-order valence-electron chi connectivity index (χ1n) is 5.98. The second-order valence-electron chi connectivity index (χ2n) is 4.13. The first-order valence-corrected chi connectivity index (χ1v) is 6.79. The maximum Gasteiger partial charge on any atom is 0.279 e. The number of carbonyl (C=O) groups is 1. The second-order valence-corrected chi connectivity index (χ2v) is 5.13. The second kappa shape index (κ2) is 5.03. The standard InChI is InChI=1S/C13H11N3O3S/c17-6-5-14-13-16-12(19)10(20-13)9-7-3-1-2-4-8(7)15-11(9)18/h1-4,17,19H,5-6H2,(H,14,16). The molecule has 1 aromatic heterocycles. The van der Waals surface area contributed by atoms with Crippen molar-refractivity contribution in [3.63, 3.8) is 0 Å². The summed E-state index contributed by atoms with van der Waals surface area (Å²) in [5.74, 6) is -0.579. The van der Waals surface area contributed by atoms with Gasteiger partial charge in [-0.3, -0.25) is 4.79 Å². The van der Waals surface area contributed by atoms with Crippen LogP contribution in [-0.4, -0.2) is 34.3 Å². The van der Waals surface area contributed by atoms with Crippen molar-refractivity contribution in [2.45, 2.75) is 0 Å². The van der Waals surface area contributed by atoms with Gasteiger partial charge in [-0.15, -0.1) is 0 Å². The van der Waals surface area contributed by atoms with Gasteiger partial charge in [-0.25, -0.2) is 4.99 Å². The molecular weight excluding hydrogens is 278 g/mol. The zero-order valence-corrected chi connectivity index (χ0v) is 11.1. The van der Waals surface area contributed by atoms with E-state index in [1.807, 2.05) is 6.07 Å². The van der Waals surface area contributed by atoms with Crippen LogP contribution < -0.4 is 15.9 Å². The van der Waals surface area contributed by atoms with Gasteiger partial charge in [0.15, 0.2) is 5.13 Å². The van der Waals surface area contributed by atoms with Crippen LogP contribution in [0.15, 0.2) is 29.3 Å². The molecule has 7 heteroatoms. The van der Waals surface area contributed by atoms with Crippen LogP contribution in [-0.2, 0) is 4.79 Å². The summed E-state index contributed by atoms with van der Waals surface area (Å²) < 4.78 is 0. The number of amides is 1. The topological polar surface area (TPSA) is 94.8 Å². The molecule has 0 saturated carbocycles. The first-order chi connectivity index (χ1) is 9.70. The maximum absolute atomic E-state index is 12.0. The molecule has 1 aliphatic heterocycles. The number of carbonyl (C=O) groups excluding carboxylic acids is 1. The molecule has 1 amide bonds. The number of rotatable bonds is 4. The molecule has 0 unspecified atom stereocenters. The number of hydrogen-bond acceptors (Lipinski definition) is 6. The highest BCUT2D eigenvalue weighted by atomic mass is 32.1. The molecule has 0 fully saturated rings. The number of aromatic hydroxyl groups is 1. The van der Waals surface area contributed by atoms with Gasteiger partial charge in [0.05, 0.1) is 17.5 Å². The Balaban J connectivity index is 2.13. The van der Waals surface area contributed by atoms with Crippen LogP contribution in [0.5, 0.6) is 5.88 Å². The van der Waals surface area contributed by atoms with Crippen LogP contribution in [0.25, 0.3) is 5.57 Å². The number of aromatic nitrogens is 1. The minimum atomic E-state index is -0.376. The Morgan fingerprint density at radius 3 is 2.90 bits per heavy atom. The SMILES string of the molecule is O=C1N=c2ccccc2=C1c1sc(NCCO)nc1O. The van der Waals surface area contributed by atoms with Crippen LogP contribution in [0.2, 0.25) is 0 Å². The van der Waals surface area contributed by atoms with Crippen LogP contribution in [0.3, 0.4) is 0 Å². The molecule has 102 valence electrons. The third-order valence-electron chi connectivity index (χ3n) is 2.83. The summed E-state index contributed by atoms with van der Waals surface area (Å²) in [4.78, 5) is 20.3. The molecule has 3 N–H and O–H groups in total. The lowest BCUT2D eigenvalue weighted by Gasteiger charge is -1.96. The predicted octanol–water partition coefficient (Wildman–Crippen LogP) is -0.388. The lowest BCUT2D eigenvalue weighted by atomic mass is 10.1. The number of nitrogens with one attached hydrogen (secondary N) is 1. The van der Waals surface area contributed by atoms with Crippen molar-refractivity contribution >= 4 is 27.9 Å². The smallest absolute Gasteiger partial charge is 0.279 e. The van der Waals surface area contributed by atoms with E-state index in [1.165, 1.54) is 0 Å². The summed E-state index contributed by atoms with van der Waals surface area (Å²) in [7, 11) is 0. The maximum atomic E-state index is 12.0. The minimum Gasteiger partial charge on any atom is -0.492 e. The Kier molecular flexibility index (Phi) is 3.21. The van der Waals surface area contributed by atoms with Crippen molar-refractivity contribution in [2.24, 2.45) is 4.99 Å².